The molecule has 3 aromatic rings. The van der Waals surface area contributed by atoms with Gasteiger partial charge >= 0.3 is 0 Å². The van der Waals surface area contributed by atoms with Gasteiger partial charge in [-0.3, -0.25) is 14.9 Å². The van der Waals surface area contributed by atoms with Crippen molar-refractivity contribution in [2.75, 3.05) is 0 Å². The Morgan fingerprint density at radius 2 is 1.74 bits per heavy atom. The number of carbonyl (C=O) groups excluding carboxylic acids is 1. The molecule has 0 aliphatic carbocycles. The summed E-state index contributed by atoms with van der Waals surface area (Å²) in [6, 6.07) is 18.9. The maximum absolute atomic E-state index is 12.9. The zero-order valence-electron chi connectivity index (χ0n) is 18.6. The number of hydrazone groups is 1. The Balaban J connectivity index is 1.73. The van der Waals surface area contributed by atoms with Crippen LogP contribution >= 0.6 is 0 Å². The summed E-state index contributed by atoms with van der Waals surface area (Å²) >= 11 is 0. The van der Waals surface area contributed by atoms with Gasteiger partial charge < -0.3 is 0 Å². The van der Waals surface area contributed by atoms with E-state index in [1.165, 1.54) is 24.4 Å². The molecule has 1 amide bonds. The van der Waals surface area contributed by atoms with Gasteiger partial charge in [-0.1, -0.05) is 60.2 Å². The van der Waals surface area contributed by atoms with Gasteiger partial charge in [0.1, 0.15) is 0 Å². The van der Waals surface area contributed by atoms with Crippen LogP contribution in [0.15, 0.2) is 82.8 Å². The zero-order valence-corrected chi connectivity index (χ0v) is 19.5. The summed E-state index contributed by atoms with van der Waals surface area (Å²) in [7, 11) is -3.88. The number of nitrogens with zero attached hydrogens (tertiary/aromatic N) is 2. The minimum absolute atomic E-state index is 0.0510. The Morgan fingerprint density at radius 1 is 1.06 bits per heavy atom. The van der Waals surface area contributed by atoms with Gasteiger partial charge in [0.15, 0.2) is 0 Å². The molecule has 9 nitrogen and oxygen atoms in total. The van der Waals surface area contributed by atoms with E-state index >= 15 is 0 Å². The molecule has 0 aromatic heterocycles. The fourth-order valence-corrected chi connectivity index (χ4v) is 4.42. The molecule has 0 bridgehead atoms. The average Bonchev–Trinajstić information content (AvgIpc) is 2.80. The van der Waals surface area contributed by atoms with Crippen LogP contribution < -0.4 is 10.1 Å². The van der Waals surface area contributed by atoms with Crippen LogP contribution in [0, 0.1) is 24.0 Å². The summed E-state index contributed by atoms with van der Waals surface area (Å²) in [5.74, 6) is -0.529. The Morgan fingerprint density at radius 3 is 2.38 bits per heavy atom. The normalized spacial score (nSPS) is 12.4. The molecular weight excluding hydrogens is 456 g/mol. The number of nitro groups is 1. The lowest BCUT2D eigenvalue weighted by atomic mass is 10.0. The third kappa shape index (κ3) is 6.56. The number of benzene rings is 3. The van der Waals surface area contributed by atoms with Crippen molar-refractivity contribution in [2.24, 2.45) is 5.10 Å². The number of carbonyl (C=O) groups is 1. The number of aryl methyl sites for hydroxylation is 2. The summed E-state index contributed by atoms with van der Waals surface area (Å²) in [4.78, 5) is 23.2. The maximum Gasteiger partial charge on any atom is 0.272 e. The van der Waals surface area contributed by atoms with E-state index in [2.05, 4.69) is 15.2 Å². The van der Waals surface area contributed by atoms with Gasteiger partial charge in [-0.05, 0) is 31.5 Å². The largest absolute Gasteiger partial charge is 0.273 e. The Hall–Kier alpha value is -3.89. The third-order valence-corrected chi connectivity index (χ3v) is 6.54. The smallest absolute Gasteiger partial charge is 0.272 e. The molecule has 1 atom stereocenters. The second kappa shape index (κ2) is 10.8. The van der Waals surface area contributed by atoms with Gasteiger partial charge in [-0.2, -0.15) is 5.10 Å². The maximum atomic E-state index is 12.9. The molecule has 0 unspecified atom stereocenters. The van der Waals surface area contributed by atoms with E-state index in [0.29, 0.717) is 16.7 Å². The van der Waals surface area contributed by atoms with E-state index < -0.39 is 26.9 Å². The fraction of sp³-hybridized carbons (Fsp3) is 0.167. The third-order valence-electron chi connectivity index (χ3n) is 5.05. The molecule has 10 heteroatoms. The van der Waals surface area contributed by atoms with Crippen molar-refractivity contribution in [2.45, 2.75) is 31.2 Å². The number of rotatable bonds is 9. The van der Waals surface area contributed by atoms with Gasteiger partial charge in [0.2, 0.25) is 15.9 Å². The van der Waals surface area contributed by atoms with E-state index in [0.717, 1.165) is 5.56 Å². The number of hydrogen-bond donors (Lipinski definition) is 2. The minimum Gasteiger partial charge on any atom is -0.273 e. The van der Waals surface area contributed by atoms with Crippen LogP contribution in [-0.4, -0.2) is 25.5 Å². The standard InChI is InChI=1S/C24H24N4O5S/c1-17-8-12-21(13-9-17)34(32,33)27-22(20-6-4-3-5-7-20)15-24(29)26-25-16-19-11-10-18(2)23(14-19)28(30)31/h3-14,16,22,27H,15H2,1-2H3,(H,26,29)/b25-16-/t22-/m0/s1. The zero-order chi connectivity index (χ0) is 24.7. The van der Waals surface area contributed by atoms with Gasteiger partial charge in [0, 0.05) is 23.6 Å². The van der Waals surface area contributed by atoms with Crippen molar-refractivity contribution in [1.82, 2.24) is 10.1 Å². The molecule has 3 aromatic carbocycles. The number of hydrogen-bond acceptors (Lipinski definition) is 6. The summed E-state index contributed by atoms with van der Waals surface area (Å²) in [6.07, 6.45) is 1.08. The summed E-state index contributed by atoms with van der Waals surface area (Å²) in [5, 5.41) is 14.9. The summed E-state index contributed by atoms with van der Waals surface area (Å²) in [5.41, 5.74) is 4.80. The van der Waals surface area contributed by atoms with Gasteiger partial charge in [-0.15, -0.1) is 0 Å². The van der Waals surface area contributed by atoms with E-state index in [4.69, 9.17) is 0 Å². The second-order valence-electron chi connectivity index (χ2n) is 7.70. The predicted octanol–water partition coefficient (Wildman–Crippen LogP) is 3.77. The molecule has 34 heavy (non-hydrogen) atoms. The van der Waals surface area contributed by atoms with Crippen LogP contribution in [0.25, 0.3) is 0 Å². The highest BCUT2D eigenvalue weighted by molar-refractivity contribution is 7.89. The summed E-state index contributed by atoms with van der Waals surface area (Å²) in [6.45, 7) is 3.48. The molecule has 0 radical (unpaired) electrons. The molecule has 0 saturated heterocycles. The van der Waals surface area contributed by atoms with Crippen molar-refractivity contribution < 1.29 is 18.1 Å². The second-order valence-corrected chi connectivity index (χ2v) is 9.41. The highest BCUT2D eigenvalue weighted by atomic mass is 32.2. The molecule has 3 rings (SSSR count). The Kier molecular flexibility index (Phi) is 7.87. The van der Waals surface area contributed by atoms with E-state index in [1.807, 2.05) is 6.92 Å². The van der Waals surface area contributed by atoms with E-state index in [1.54, 1.807) is 61.5 Å². The van der Waals surface area contributed by atoms with Crippen LogP contribution in [0.4, 0.5) is 5.69 Å². The first kappa shape index (κ1) is 24.7. The Labute approximate surface area is 197 Å². The molecule has 0 saturated carbocycles. The molecule has 0 aliphatic heterocycles. The van der Waals surface area contributed by atoms with Crippen LogP contribution in [0.2, 0.25) is 0 Å². The van der Waals surface area contributed by atoms with Gasteiger partial charge in [0.25, 0.3) is 5.69 Å². The lowest BCUT2D eigenvalue weighted by Gasteiger charge is -2.18. The number of nitro benzene ring substituents is 1. The molecular formula is C24H24N4O5S. The van der Waals surface area contributed by atoms with Crippen molar-refractivity contribution in [1.29, 1.82) is 0 Å². The van der Waals surface area contributed by atoms with Crippen molar-refractivity contribution in [3.63, 3.8) is 0 Å². The molecule has 0 fully saturated rings. The SMILES string of the molecule is Cc1ccc(S(=O)(=O)N[C@@H](CC(=O)N/N=C\c2ccc(C)c([N+](=O)[O-])c2)c2ccccc2)cc1. The van der Waals surface area contributed by atoms with Crippen LogP contribution in [-0.2, 0) is 14.8 Å². The lowest BCUT2D eigenvalue weighted by molar-refractivity contribution is -0.385. The molecule has 0 heterocycles. The van der Waals surface area contributed by atoms with Gasteiger partial charge in [-0.25, -0.2) is 18.6 Å². The summed E-state index contributed by atoms with van der Waals surface area (Å²) < 4.78 is 28.4. The molecule has 0 spiro atoms. The first-order valence-electron chi connectivity index (χ1n) is 10.4. The topological polar surface area (TPSA) is 131 Å². The Bertz CT molecular complexity index is 1310. The number of amides is 1. The predicted molar refractivity (Wildman–Crippen MR) is 129 cm³/mol. The van der Waals surface area contributed by atoms with Crippen LogP contribution in [0.3, 0.4) is 0 Å². The van der Waals surface area contributed by atoms with Crippen molar-refractivity contribution in [3.8, 4) is 0 Å². The minimum atomic E-state index is -3.88. The highest BCUT2D eigenvalue weighted by Crippen LogP contribution is 2.21. The van der Waals surface area contributed by atoms with Crippen LogP contribution in [0.1, 0.15) is 34.7 Å². The lowest BCUT2D eigenvalue weighted by Crippen LogP contribution is -2.32. The van der Waals surface area contributed by atoms with Gasteiger partial charge in [0.05, 0.1) is 22.1 Å². The van der Waals surface area contributed by atoms with Crippen molar-refractivity contribution in [3.05, 3.63) is 105 Å². The number of nitrogens with one attached hydrogen (secondary N) is 2. The van der Waals surface area contributed by atoms with Crippen LogP contribution in [0.5, 0.6) is 0 Å². The fourth-order valence-electron chi connectivity index (χ4n) is 3.20. The molecule has 176 valence electrons. The monoisotopic (exact) mass is 480 g/mol. The first-order chi connectivity index (χ1) is 16.2. The average molecular weight is 481 g/mol. The first-order valence-corrected chi connectivity index (χ1v) is 11.8. The molecule has 0 aliphatic rings. The van der Waals surface area contributed by atoms with Crippen molar-refractivity contribution >= 4 is 27.8 Å². The van der Waals surface area contributed by atoms with E-state index in [-0.39, 0.29) is 17.0 Å². The number of sulfonamides is 1. The molecule has 2 N–H and O–H groups in total. The quantitative estimate of drug-likeness (QED) is 0.273. The van der Waals surface area contributed by atoms with E-state index in [9.17, 15) is 23.3 Å². The highest BCUT2D eigenvalue weighted by Gasteiger charge is 2.23.